The molecule has 1 fully saturated rings. The van der Waals surface area contributed by atoms with Gasteiger partial charge < -0.3 is 10.0 Å². The summed E-state index contributed by atoms with van der Waals surface area (Å²) in [6, 6.07) is 0.665. The van der Waals surface area contributed by atoms with E-state index < -0.39 is 0 Å². The smallest absolute Gasteiger partial charge is 0.186 e. The monoisotopic (exact) mass is 294 g/mol. The molecular formula is C16H26N2OS. The zero-order valence-electron chi connectivity index (χ0n) is 12.9. The van der Waals surface area contributed by atoms with E-state index in [-0.39, 0.29) is 11.5 Å². The van der Waals surface area contributed by atoms with Crippen LogP contribution in [-0.2, 0) is 6.42 Å². The second-order valence-electron chi connectivity index (χ2n) is 7.09. The lowest BCUT2D eigenvalue weighted by atomic mass is 9.77. The molecule has 3 nitrogen and oxygen atoms in total. The summed E-state index contributed by atoms with van der Waals surface area (Å²) in [4.78, 5) is 8.49. The van der Waals surface area contributed by atoms with Gasteiger partial charge in [-0.3, -0.25) is 0 Å². The third kappa shape index (κ3) is 2.60. The average Bonchev–Trinajstić information content (AvgIpc) is 2.98. The van der Waals surface area contributed by atoms with Crippen LogP contribution in [0.15, 0.2) is 0 Å². The first-order valence-electron chi connectivity index (χ1n) is 7.94. The summed E-state index contributed by atoms with van der Waals surface area (Å²) in [6.07, 6.45) is 6.83. The Morgan fingerprint density at radius 2 is 2.05 bits per heavy atom. The Labute approximate surface area is 126 Å². The van der Waals surface area contributed by atoms with Gasteiger partial charge in [0.2, 0.25) is 0 Å². The number of anilines is 1. The van der Waals surface area contributed by atoms with Gasteiger partial charge in [0.25, 0.3) is 0 Å². The second kappa shape index (κ2) is 5.30. The molecule has 2 aliphatic carbocycles. The third-order valence-electron chi connectivity index (χ3n) is 4.76. The van der Waals surface area contributed by atoms with Gasteiger partial charge in [-0.1, -0.05) is 38.0 Å². The zero-order valence-corrected chi connectivity index (χ0v) is 13.7. The van der Waals surface area contributed by atoms with Crippen LogP contribution in [0.2, 0.25) is 0 Å². The van der Waals surface area contributed by atoms with Gasteiger partial charge in [-0.25, -0.2) is 4.98 Å². The minimum atomic E-state index is -0.317. The van der Waals surface area contributed by atoms with Crippen molar-refractivity contribution in [1.82, 2.24) is 4.98 Å². The van der Waals surface area contributed by atoms with Crippen molar-refractivity contribution in [3.63, 3.8) is 0 Å². The topological polar surface area (TPSA) is 36.4 Å². The van der Waals surface area contributed by atoms with Crippen LogP contribution in [0.5, 0.6) is 0 Å². The number of aromatic nitrogens is 1. The molecule has 1 aromatic heterocycles. The maximum Gasteiger partial charge on any atom is 0.186 e. The largest absolute Gasteiger partial charge is 0.387 e. The number of thiazole rings is 1. The molecule has 0 amide bonds. The van der Waals surface area contributed by atoms with Crippen LogP contribution in [0.4, 0.5) is 5.13 Å². The van der Waals surface area contributed by atoms with Crippen molar-refractivity contribution in [2.24, 2.45) is 5.41 Å². The summed E-state index contributed by atoms with van der Waals surface area (Å²) in [5.74, 6) is 0. The van der Waals surface area contributed by atoms with Crippen LogP contribution >= 0.6 is 11.3 Å². The lowest BCUT2D eigenvalue weighted by Crippen LogP contribution is -2.32. The number of rotatable bonds is 3. The van der Waals surface area contributed by atoms with E-state index in [1.807, 2.05) is 0 Å². The molecular weight excluding hydrogens is 268 g/mol. The van der Waals surface area contributed by atoms with E-state index in [2.05, 4.69) is 25.7 Å². The summed E-state index contributed by atoms with van der Waals surface area (Å²) in [5, 5.41) is 11.5. The van der Waals surface area contributed by atoms with Crippen molar-refractivity contribution in [3.05, 3.63) is 10.6 Å². The van der Waals surface area contributed by atoms with Crippen molar-refractivity contribution in [2.45, 2.75) is 71.4 Å². The minimum Gasteiger partial charge on any atom is -0.387 e. The molecule has 1 heterocycles. The first kappa shape index (κ1) is 14.3. The molecule has 0 radical (unpaired) electrons. The molecule has 1 saturated carbocycles. The second-order valence-corrected chi connectivity index (χ2v) is 8.10. The predicted molar refractivity (Wildman–Crippen MR) is 84.5 cm³/mol. The van der Waals surface area contributed by atoms with Crippen LogP contribution in [0.3, 0.4) is 0 Å². The third-order valence-corrected chi connectivity index (χ3v) is 6.00. The van der Waals surface area contributed by atoms with E-state index in [1.54, 1.807) is 11.3 Å². The summed E-state index contributed by atoms with van der Waals surface area (Å²) in [6.45, 7) is 7.70. The Kier molecular flexibility index (Phi) is 3.80. The fraction of sp³-hybridized carbons (Fsp3) is 0.812. The molecule has 0 aromatic carbocycles. The molecule has 4 heteroatoms. The zero-order chi connectivity index (χ0) is 14.3. The van der Waals surface area contributed by atoms with E-state index in [9.17, 15) is 5.11 Å². The van der Waals surface area contributed by atoms with Gasteiger partial charge in [-0.2, -0.15) is 0 Å². The molecule has 1 unspecified atom stereocenters. The maximum atomic E-state index is 10.4. The number of hydrogen-bond donors (Lipinski definition) is 1. The molecule has 20 heavy (non-hydrogen) atoms. The molecule has 2 aliphatic rings. The van der Waals surface area contributed by atoms with Gasteiger partial charge in [0.15, 0.2) is 5.13 Å². The minimum absolute atomic E-state index is 0.169. The lowest BCUT2D eigenvalue weighted by Gasteiger charge is -2.31. The van der Waals surface area contributed by atoms with E-state index in [4.69, 9.17) is 4.98 Å². The quantitative estimate of drug-likeness (QED) is 0.918. The van der Waals surface area contributed by atoms with Gasteiger partial charge >= 0.3 is 0 Å². The Hall–Kier alpha value is -0.610. The van der Waals surface area contributed by atoms with E-state index in [0.29, 0.717) is 6.04 Å². The summed E-state index contributed by atoms with van der Waals surface area (Å²) < 4.78 is 0. The molecule has 112 valence electrons. The summed E-state index contributed by atoms with van der Waals surface area (Å²) in [7, 11) is 0. The molecule has 0 bridgehead atoms. The van der Waals surface area contributed by atoms with Crippen LogP contribution < -0.4 is 4.90 Å². The Morgan fingerprint density at radius 3 is 2.70 bits per heavy atom. The van der Waals surface area contributed by atoms with Crippen LogP contribution in [0.1, 0.15) is 69.6 Å². The van der Waals surface area contributed by atoms with Crippen LogP contribution in [0, 0.1) is 5.41 Å². The summed E-state index contributed by atoms with van der Waals surface area (Å²) in [5.41, 5.74) is 1.31. The van der Waals surface area contributed by atoms with Gasteiger partial charge in [0.1, 0.15) is 0 Å². The molecule has 3 rings (SSSR count). The summed E-state index contributed by atoms with van der Waals surface area (Å²) >= 11 is 1.73. The fourth-order valence-electron chi connectivity index (χ4n) is 3.77. The van der Waals surface area contributed by atoms with E-state index >= 15 is 0 Å². The maximum absolute atomic E-state index is 10.4. The predicted octanol–water partition coefficient (Wildman–Crippen LogP) is 3.92. The highest BCUT2D eigenvalue weighted by atomic mass is 32.1. The molecule has 0 spiro atoms. The Balaban J connectivity index is 1.88. The number of aliphatic hydroxyl groups excluding tert-OH is 1. The Morgan fingerprint density at radius 1 is 1.35 bits per heavy atom. The van der Waals surface area contributed by atoms with Gasteiger partial charge in [-0.05, 0) is 38.0 Å². The van der Waals surface area contributed by atoms with Crippen molar-refractivity contribution < 1.29 is 5.11 Å². The van der Waals surface area contributed by atoms with Crippen LogP contribution in [-0.4, -0.2) is 22.7 Å². The van der Waals surface area contributed by atoms with E-state index in [1.165, 1.54) is 25.7 Å². The normalized spacial score (nSPS) is 25.7. The first-order chi connectivity index (χ1) is 9.50. The number of hydrogen-bond acceptors (Lipinski definition) is 4. The molecule has 0 aliphatic heterocycles. The molecule has 1 atom stereocenters. The van der Waals surface area contributed by atoms with Crippen molar-refractivity contribution in [2.75, 3.05) is 11.4 Å². The van der Waals surface area contributed by atoms with Crippen LogP contribution in [0.25, 0.3) is 0 Å². The lowest BCUT2D eigenvalue weighted by molar-refractivity contribution is 0.102. The standard InChI is InChI=1S/C16H26N2OS/c1-4-18(11-7-5-6-8-11)15-17-12-9-16(2,3)10-13(19)14(12)20-15/h11,13,19H,4-10H2,1-3H3. The number of fused-ring (bicyclic) bond motifs is 1. The van der Waals surface area contributed by atoms with Crippen molar-refractivity contribution >= 4 is 16.5 Å². The molecule has 1 aromatic rings. The van der Waals surface area contributed by atoms with Crippen molar-refractivity contribution in [3.8, 4) is 0 Å². The highest BCUT2D eigenvalue weighted by molar-refractivity contribution is 7.15. The molecule has 0 saturated heterocycles. The number of nitrogens with zero attached hydrogens (tertiary/aromatic N) is 2. The van der Waals surface area contributed by atoms with E-state index in [0.717, 1.165) is 35.1 Å². The van der Waals surface area contributed by atoms with Gasteiger partial charge in [0.05, 0.1) is 16.7 Å². The highest BCUT2D eigenvalue weighted by Crippen LogP contribution is 2.45. The first-order valence-corrected chi connectivity index (χ1v) is 8.76. The fourth-order valence-corrected chi connectivity index (χ4v) is 4.97. The number of aliphatic hydroxyl groups is 1. The SMILES string of the molecule is CCN(c1nc2c(s1)C(O)CC(C)(C)C2)C1CCCC1. The van der Waals surface area contributed by atoms with Gasteiger partial charge in [0, 0.05) is 12.6 Å². The van der Waals surface area contributed by atoms with Gasteiger partial charge in [-0.15, -0.1) is 0 Å². The Bertz CT molecular complexity index is 477. The molecule has 1 N–H and O–H groups in total. The average molecular weight is 294 g/mol. The highest BCUT2D eigenvalue weighted by Gasteiger charge is 2.35. The van der Waals surface area contributed by atoms with Crippen molar-refractivity contribution in [1.29, 1.82) is 0 Å².